The standard InChI is InChI=1S/C9H7.C4H10N.C2H6Si.2ClH.Zr/c1-2-5-9-7-3-6-8(9)4-1;1-4(2,3)5;1-3-2;;;/h1-7H;5H,1-3H3;1-2H3;2*1H;/q;-1;;;;+3/p-2. The van der Waals surface area contributed by atoms with Crippen LogP contribution in [0.2, 0.25) is 13.1 Å². The molecule has 1 aliphatic carbocycles. The van der Waals surface area contributed by atoms with E-state index in [4.69, 9.17) is 0 Å². The second-order valence-electron chi connectivity index (χ2n) is 6.25. The maximum atomic E-state index is 4.03. The predicted octanol–water partition coefficient (Wildman–Crippen LogP) is -2.07. The molecule has 0 heterocycles. The molecule has 20 heavy (non-hydrogen) atoms. The molecule has 0 saturated heterocycles. The van der Waals surface area contributed by atoms with Gasteiger partial charge in [0, 0.05) is 0 Å². The van der Waals surface area contributed by atoms with E-state index < -0.39 is 20.7 Å². The summed E-state index contributed by atoms with van der Waals surface area (Å²) in [6.07, 6.45) is 4.80. The number of nitrogens with one attached hydrogen (secondary N) is 1. The van der Waals surface area contributed by atoms with E-state index in [1.807, 2.05) is 0 Å². The van der Waals surface area contributed by atoms with E-state index in [-0.39, 0.29) is 35.8 Å². The molecule has 1 atom stereocenters. The van der Waals surface area contributed by atoms with Crippen molar-refractivity contribution in [2.24, 2.45) is 0 Å². The maximum Gasteiger partial charge on any atom is -1.00 e. The van der Waals surface area contributed by atoms with Crippen LogP contribution in [-0.2, 0) is 20.7 Å². The van der Waals surface area contributed by atoms with E-state index in [9.17, 15) is 0 Å². The molecule has 1 aliphatic rings. The number of hydrogen-bond acceptors (Lipinski definition) is 1. The van der Waals surface area contributed by atoms with Crippen molar-refractivity contribution in [3.8, 4) is 0 Å². The molecule has 0 spiro atoms. The van der Waals surface area contributed by atoms with Gasteiger partial charge in [0.1, 0.15) is 0 Å². The number of benzene rings is 1. The molecule has 0 fully saturated rings. The van der Waals surface area contributed by atoms with Crippen LogP contribution < -0.4 is 28.1 Å². The minimum Gasteiger partial charge on any atom is -1.00 e. The summed E-state index contributed by atoms with van der Waals surface area (Å²) < 4.78 is 4.77. The van der Waals surface area contributed by atoms with E-state index in [1.165, 1.54) is 5.56 Å². The Labute approximate surface area is 144 Å². The molecule has 2 rings (SSSR count). The summed E-state index contributed by atoms with van der Waals surface area (Å²) >= 11 is -1.60. The van der Waals surface area contributed by atoms with Gasteiger partial charge in [0.05, 0.1) is 0 Å². The quantitative estimate of drug-likeness (QED) is 0.556. The molecule has 0 radical (unpaired) electrons. The molecule has 0 amide bonds. The number of hydrogen-bond donors (Lipinski definition) is 1. The van der Waals surface area contributed by atoms with Crippen LogP contribution in [0.1, 0.15) is 35.5 Å². The molecule has 0 bridgehead atoms. The SMILES string of the molecule is C[Si](C)=[Zr+2]([NH]C(C)(C)C)[CH]1C=Cc2ccccc21.[Cl-].[Cl-]. The first kappa shape index (κ1) is 20.6. The fourth-order valence-corrected chi connectivity index (χ4v) is 17.9. The summed E-state index contributed by atoms with van der Waals surface area (Å²) in [6, 6.07) is 8.92. The summed E-state index contributed by atoms with van der Waals surface area (Å²) in [5, 5.41) is 0. The Kier molecular flexibility index (Phi) is 8.54. The van der Waals surface area contributed by atoms with Gasteiger partial charge in [0.25, 0.3) is 0 Å². The Morgan fingerprint density at radius 3 is 2.25 bits per heavy atom. The summed E-state index contributed by atoms with van der Waals surface area (Å²) in [5.41, 5.74) is 3.09. The third kappa shape index (κ3) is 5.10. The van der Waals surface area contributed by atoms with Gasteiger partial charge in [-0.15, -0.1) is 0 Å². The van der Waals surface area contributed by atoms with Gasteiger partial charge < -0.3 is 24.8 Å². The Bertz CT molecular complexity index is 517. The minimum atomic E-state index is -1.60. The molecule has 1 unspecified atom stereocenters. The zero-order valence-corrected chi connectivity index (χ0v) is 17.8. The van der Waals surface area contributed by atoms with Crippen molar-refractivity contribution < 1.29 is 45.5 Å². The zero-order chi connectivity index (χ0) is 13.3. The molecule has 0 aliphatic heterocycles. The second kappa shape index (κ2) is 8.29. The van der Waals surface area contributed by atoms with E-state index in [0.717, 1.165) is 3.63 Å². The van der Waals surface area contributed by atoms with E-state index in [2.05, 4.69) is 73.5 Å². The van der Waals surface area contributed by atoms with Crippen LogP contribution in [0.25, 0.3) is 6.08 Å². The summed E-state index contributed by atoms with van der Waals surface area (Å²) in [4.78, 5) is 0. The van der Waals surface area contributed by atoms with Gasteiger partial charge in [-0.3, -0.25) is 0 Å². The normalized spacial score (nSPS) is 15.5. The van der Waals surface area contributed by atoms with Crippen molar-refractivity contribution in [3.05, 3.63) is 41.5 Å². The van der Waals surface area contributed by atoms with Crippen LogP contribution in [0.5, 0.6) is 0 Å². The van der Waals surface area contributed by atoms with E-state index >= 15 is 0 Å². The van der Waals surface area contributed by atoms with E-state index in [0.29, 0.717) is 0 Å². The molecule has 0 saturated carbocycles. The molecule has 1 N–H and O–H groups in total. The molecular formula is C15H23Cl2NSiZr. The number of fused-ring (bicyclic) bond motifs is 1. The van der Waals surface area contributed by atoms with Crippen molar-refractivity contribution >= 4 is 11.5 Å². The molecule has 110 valence electrons. The van der Waals surface area contributed by atoms with Gasteiger partial charge in [-0.2, -0.15) is 0 Å². The fraction of sp³-hybridized carbons (Fsp3) is 0.467. The van der Waals surface area contributed by atoms with Gasteiger partial charge in [0.2, 0.25) is 0 Å². The van der Waals surface area contributed by atoms with Crippen molar-refractivity contribution in [3.63, 3.8) is 0 Å². The first-order chi connectivity index (χ1) is 8.38. The Balaban J connectivity index is 0.00000180. The topological polar surface area (TPSA) is 12.0 Å². The van der Waals surface area contributed by atoms with Gasteiger partial charge in [-0.1, -0.05) is 0 Å². The summed E-state index contributed by atoms with van der Waals surface area (Å²) in [7, 11) is 0. The average Bonchev–Trinajstić information content (AvgIpc) is 2.68. The molecule has 5 heteroatoms. The largest absolute Gasteiger partial charge is 1.00 e. The molecular weight excluding hydrogens is 384 g/mol. The third-order valence-corrected chi connectivity index (χ3v) is 20.0. The Morgan fingerprint density at radius 2 is 1.70 bits per heavy atom. The first-order valence-corrected chi connectivity index (χ1v) is 15.4. The number of rotatable bonds is 2. The second-order valence-corrected chi connectivity index (χ2v) is 23.0. The van der Waals surface area contributed by atoms with Gasteiger partial charge in [-0.25, -0.2) is 0 Å². The first-order valence-electron chi connectivity index (χ1n) is 6.61. The van der Waals surface area contributed by atoms with Crippen LogP contribution in [0, 0.1) is 0 Å². The molecule has 1 nitrogen and oxygen atoms in total. The number of halogens is 2. The van der Waals surface area contributed by atoms with Crippen LogP contribution >= 0.6 is 0 Å². The summed E-state index contributed by atoms with van der Waals surface area (Å²) in [5.74, 6) is 0. The predicted molar refractivity (Wildman–Crippen MR) is 78.6 cm³/mol. The average molecular weight is 408 g/mol. The Morgan fingerprint density at radius 1 is 1.10 bits per heavy atom. The van der Waals surface area contributed by atoms with Crippen LogP contribution in [-0.4, -0.2) is 11.0 Å². The monoisotopic (exact) mass is 405 g/mol. The Hall–Kier alpha value is 0.600. The van der Waals surface area contributed by atoms with Crippen molar-refractivity contribution in [1.29, 1.82) is 0 Å². The van der Waals surface area contributed by atoms with Gasteiger partial charge in [-0.05, 0) is 0 Å². The maximum absolute atomic E-state index is 4.03. The fourth-order valence-electron chi connectivity index (χ4n) is 2.42. The van der Waals surface area contributed by atoms with Crippen LogP contribution in [0.3, 0.4) is 0 Å². The number of allylic oxidation sites excluding steroid dienone is 1. The van der Waals surface area contributed by atoms with Gasteiger partial charge >= 0.3 is 120 Å². The van der Waals surface area contributed by atoms with Crippen molar-refractivity contribution in [2.45, 2.75) is 43.0 Å². The third-order valence-electron chi connectivity index (χ3n) is 3.16. The van der Waals surface area contributed by atoms with Crippen LogP contribution in [0.4, 0.5) is 0 Å². The minimum absolute atomic E-state index is 0. The van der Waals surface area contributed by atoms with Gasteiger partial charge in [0.15, 0.2) is 0 Å². The zero-order valence-electron chi connectivity index (χ0n) is 12.8. The molecule has 1 aromatic carbocycles. The molecule has 1 aromatic rings. The van der Waals surface area contributed by atoms with Crippen LogP contribution in [0.15, 0.2) is 30.3 Å². The van der Waals surface area contributed by atoms with E-state index in [1.54, 1.807) is 5.56 Å². The van der Waals surface area contributed by atoms with Crippen molar-refractivity contribution in [2.75, 3.05) is 0 Å². The smallest absolute Gasteiger partial charge is 1.00 e. The summed E-state index contributed by atoms with van der Waals surface area (Å²) in [6.45, 7) is 11.9. The van der Waals surface area contributed by atoms with Crippen molar-refractivity contribution in [1.82, 2.24) is 3.26 Å². The molecule has 0 aromatic heterocycles.